The molecule has 0 aliphatic carbocycles. The number of ether oxygens (including phenoxy) is 2. The molecule has 1 heterocycles. The molecule has 0 saturated heterocycles. The molecule has 0 spiro atoms. The Morgan fingerprint density at radius 2 is 1.48 bits per heavy atom. The lowest BCUT2D eigenvalue weighted by Gasteiger charge is -2.34. The molecular formula is C22H26N2O6S. The number of hydrogen-bond acceptors (Lipinski definition) is 7. The van der Waals surface area contributed by atoms with Crippen molar-refractivity contribution in [3.63, 3.8) is 0 Å². The molecule has 0 saturated carbocycles. The van der Waals surface area contributed by atoms with Gasteiger partial charge in [0.2, 0.25) is 0 Å². The first kappa shape index (κ1) is 22.8. The fraction of sp³-hybridized carbons (Fsp3) is 0.364. The maximum Gasteiger partial charge on any atom is 0.269 e. The van der Waals surface area contributed by atoms with Crippen LogP contribution in [0.1, 0.15) is 29.8 Å². The second kappa shape index (κ2) is 8.68. The van der Waals surface area contributed by atoms with Crippen molar-refractivity contribution in [1.82, 2.24) is 4.90 Å². The molecule has 0 aromatic heterocycles. The number of amidine groups is 1. The lowest BCUT2D eigenvalue weighted by molar-refractivity contribution is 0.0711. The van der Waals surface area contributed by atoms with Gasteiger partial charge < -0.3 is 19.5 Å². The van der Waals surface area contributed by atoms with Gasteiger partial charge in [0.15, 0.2) is 22.5 Å². The number of rotatable bonds is 7. The van der Waals surface area contributed by atoms with E-state index in [1.165, 1.54) is 26.4 Å². The highest BCUT2D eigenvalue weighted by Crippen LogP contribution is 2.41. The molecule has 0 bridgehead atoms. The molecule has 31 heavy (non-hydrogen) atoms. The fourth-order valence-corrected chi connectivity index (χ4v) is 5.44. The molecule has 2 unspecified atom stereocenters. The molecule has 1 aliphatic heterocycles. The van der Waals surface area contributed by atoms with Crippen molar-refractivity contribution in [1.29, 1.82) is 0 Å². The van der Waals surface area contributed by atoms with E-state index >= 15 is 0 Å². The molecule has 1 N–H and O–H groups in total. The summed E-state index contributed by atoms with van der Waals surface area (Å²) in [4.78, 5) is 15.1. The fourth-order valence-electron chi connectivity index (χ4n) is 3.75. The standard InChI is InChI=1S/C22H26N2O6S/c1-5-24(6-2)21-22(26,16-9-13-18(30-4)14-10-16)20(31(27,28)23-21)19(25)15-7-11-17(29-3)12-8-15/h7-14,20,26H,5-6H2,1-4H3. The molecule has 166 valence electrons. The normalized spacial score (nSPS) is 22.0. The average Bonchev–Trinajstić information content (AvgIpc) is 3.00. The molecular weight excluding hydrogens is 420 g/mol. The summed E-state index contributed by atoms with van der Waals surface area (Å²) in [5.74, 6) is 0.255. The lowest BCUT2D eigenvalue weighted by Crippen LogP contribution is -2.54. The number of sulfonamides is 1. The Morgan fingerprint density at radius 1 is 1.00 bits per heavy atom. The second-order valence-electron chi connectivity index (χ2n) is 7.07. The smallest absolute Gasteiger partial charge is 0.269 e. The van der Waals surface area contributed by atoms with Gasteiger partial charge in [0, 0.05) is 18.7 Å². The Kier molecular flexibility index (Phi) is 6.38. The van der Waals surface area contributed by atoms with Crippen LogP contribution >= 0.6 is 0 Å². The molecule has 0 radical (unpaired) electrons. The summed E-state index contributed by atoms with van der Waals surface area (Å²) in [6.45, 7) is 4.47. The number of benzene rings is 2. The van der Waals surface area contributed by atoms with Crippen LogP contribution in [0.5, 0.6) is 11.5 Å². The van der Waals surface area contributed by atoms with Gasteiger partial charge in [-0.15, -0.1) is 4.40 Å². The van der Waals surface area contributed by atoms with Gasteiger partial charge in [-0.05, 0) is 55.8 Å². The van der Waals surface area contributed by atoms with Crippen molar-refractivity contribution in [2.24, 2.45) is 4.40 Å². The van der Waals surface area contributed by atoms with Crippen molar-refractivity contribution in [3.05, 3.63) is 59.7 Å². The molecule has 3 rings (SSSR count). The van der Waals surface area contributed by atoms with E-state index in [2.05, 4.69) is 4.40 Å². The highest BCUT2D eigenvalue weighted by molar-refractivity contribution is 7.92. The van der Waals surface area contributed by atoms with Gasteiger partial charge in [-0.2, -0.15) is 0 Å². The summed E-state index contributed by atoms with van der Waals surface area (Å²) in [6, 6.07) is 12.4. The quantitative estimate of drug-likeness (QED) is 0.650. The Bertz CT molecular complexity index is 1080. The van der Waals surface area contributed by atoms with Crippen LogP contribution in [-0.2, 0) is 15.6 Å². The number of ketones is 1. The van der Waals surface area contributed by atoms with Gasteiger partial charge in [-0.25, -0.2) is 8.42 Å². The van der Waals surface area contributed by atoms with Crippen molar-refractivity contribution >= 4 is 21.6 Å². The molecule has 2 aromatic carbocycles. The van der Waals surface area contributed by atoms with Crippen LogP contribution in [-0.4, -0.2) is 62.6 Å². The number of methoxy groups -OCH3 is 2. The molecule has 2 aromatic rings. The van der Waals surface area contributed by atoms with Crippen LogP contribution in [0.15, 0.2) is 52.9 Å². The van der Waals surface area contributed by atoms with Crippen molar-refractivity contribution in [2.45, 2.75) is 24.7 Å². The zero-order chi connectivity index (χ0) is 22.8. The lowest BCUT2D eigenvalue weighted by atomic mass is 9.84. The predicted molar refractivity (Wildman–Crippen MR) is 117 cm³/mol. The van der Waals surface area contributed by atoms with Crippen LogP contribution in [0.3, 0.4) is 0 Å². The van der Waals surface area contributed by atoms with E-state index in [0.717, 1.165) is 0 Å². The number of Topliss-reactive ketones (excluding diaryl/α,β-unsaturated/α-hetero) is 1. The topological polar surface area (TPSA) is 106 Å². The predicted octanol–water partition coefficient (Wildman–Crippen LogP) is 2.23. The summed E-state index contributed by atoms with van der Waals surface area (Å²) in [6.07, 6.45) is 0. The summed E-state index contributed by atoms with van der Waals surface area (Å²) in [7, 11) is -1.36. The van der Waals surface area contributed by atoms with Gasteiger partial charge >= 0.3 is 0 Å². The number of nitrogens with zero attached hydrogens (tertiary/aromatic N) is 2. The van der Waals surface area contributed by atoms with Crippen molar-refractivity contribution in [3.8, 4) is 11.5 Å². The number of aliphatic hydroxyl groups is 1. The summed E-state index contributed by atoms with van der Waals surface area (Å²) >= 11 is 0. The summed E-state index contributed by atoms with van der Waals surface area (Å²) in [5, 5.41) is 10.1. The van der Waals surface area contributed by atoms with E-state index in [1.807, 2.05) is 13.8 Å². The molecule has 8 nitrogen and oxygen atoms in total. The van der Waals surface area contributed by atoms with E-state index in [4.69, 9.17) is 9.47 Å². The minimum atomic E-state index is -4.35. The molecule has 9 heteroatoms. The van der Waals surface area contributed by atoms with E-state index < -0.39 is 26.7 Å². The molecule has 0 amide bonds. The minimum absolute atomic E-state index is 0.0606. The van der Waals surface area contributed by atoms with Crippen LogP contribution in [0.4, 0.5) is 0 Å². The maximum atomic E-state index is 13.4. The van der Waals surface area contributed by atoms with Crippen LogP contribution < -0.4 is 9.47 Å². The number of carbonyl (C=O) groups is 1. The average molecular weight is 447 g/mol. The number of hydrogen-bond donors (Lipinski definition) is 1. The Labute approximate surface area is 182 Å². The van der Waals surface area contributed by atoms with E-state index in [9.17, 15) is 18.3 Å². The molecule has 0 fully saturated rings. The third-order valence-corrected chi connectivity index (χ3v) is 7.02. The van der Waals surface area contributed by atoms with Crippen LogP contribution in [0.25, 0.3) is 0 Å². The number of carbonyl (C=O) groups excluding carboxylic acids is 1. The Morgan fingerprint density at radius 3 is 1.94 bits per heavy atom. The van der Waals surface area contributed by atoms with Crippen molar-refractivity contribution < 1.29 is 27.8 Å². The van der Waals surface area contributed by atoms with Crippen LogP contribution in [0, 0.1) is 0 Å². The van der Waals surface area contributed by atoms with Gasteiger partial charge in [0.05, 0.1) is 14.2 Å². The van der Waals surface area contributed by atoms with Crippen molar-refractivity contribution in [2.75, 3.05) is 27.3 Å². The van der Waals surface area contributed by atoms with E-state index in [0.29, 0.717) is 24.6 Å². The second-order valence-corrected chi connectivity index (χ2v) is 8.75. The zero-order valence-corrected chi connectivity index (χ0v) is 18.7. The molecule has 1 aliphatic rings. The van der Waals surface area contributed by atoms with Crippen LogP contribution in [0.2, 0.25) is 0 Å². The highest BCUT2D eigenvalue weighted by atomic mass is 32.2. The maximum absolute atomic E-state index is 13.4. The Balaban J connectivity index is 2.19. The monoisotopic (exact) mass is 446 g/mol. The highest BCUT2D eigenvalue weighted by Gasteiger charge is 2.60. The third kappa shape index (κ3) is 3.90. The first-order valence-corrected chi connectivity index (χ1v) is 11.4. The van der Waals surface area contributed by atoms with Gasteiger partial charge in [0.1, 0.15) is 11.5 Å². The number of likely N-dealkylation sites (N-methyl/N-ethyl adjacent to an activating group) is 1. The van der Waals surface area contributed by atoms with Gasteiger partial charge in [-0.1, -0.05) is 12.1 Å². The molecule has 2 atom stereocenters. The van der Waals surface area contributed by atoms with E-state index in [1.54, 1.807) is 41.3 Å². The summed E-state index contributed by atoms with van der Waals surface area (Å²) < 4.78 is 40.4. The SMILES string of the molecule is CCN(CC)C1=NS(=O)(=O)C(C(=O)c2ccc(OC)cc2)C1(O)c1ccc(OC)cc1. The largest absolute Gasteiger partial charge is 0.497 e. The zero-order valence-electron chi connectivity index (χ0n) is 17.9. The Hall–Kier alpha value is -2.91. The first-order chi connectivity index (χ1) is 14.7. The van der Waals surface area contributed by atoms with Gasteiger partial charge in [0.25, 0.3) is 10.0 Å². The first-order valence-electron chi connectivity index (χ1n) is 9.87. The summed E-state index contributed by atoms with van der Waals surface area (Å²) in [5.41, 5.74) is -1.78. The minimum Gasteiger partial charge on any atom is -0.497 e. The van der Waals surface area contributed by atoms with E-state index in [-0.39, 0.29) is 17.0 Å². The van der Waals surface area contributed by atoms with Gasteiger partial charge in [-0.3, -0.25) is 4.79 Å². The third-order valence-electron chi connectivity index (χ3n) is 5.44.